The first kappa shape index (κ1) is 12.2. The van der Waals surface area contributed by atoms with Crippen molar-refractivity contribution in [3.05, 3.63) is 17.4 Å². The maximum absolute atomic E-state index is 5.77. The average molecular weight is 267 g/mol. The lowest BCUT2D eigenvalue weighted by atomic mass is 10.1. The number of likely N-dealkylation sites (tertiary alicyclic amines) is 1. The molecule has 0 unspecified atom stereocenters. The summed E-state index contributed by atoms with van der Waals surface area (Å²) >= 11 is 5.77. The van der Waals surface area contributed by atoms with Crippen molar-refractivity contribution in [3.63, 3.8) is 0 Å². The Morgan fingerprint density at radius 1 is 1.22 bits per heavy atom. The molecule has 18 heavy (non-hydrogen) atoms. The molecule has 2 heterocycles. The van der Waals surface area contributed by atoms with Crippen LogP contribution >= 0.6 is 11.6 Å². The summed E-state index contributed by atoms with van der Waals surface area (Å²) in [5.41, 5.74) is 0.466. The van der Waals surface area contributed by atoms with Crippen LogP contribution in [0.1, 0.15) is 25.7 Å². The highest BCUT2D eigenvalue weighted by molar-refractivity contribution is 6.30. The van der Waals surface area contributed by atoms with Crippen LogP contribution in [0.3, 0.4) is 0 Å². The van der Waals surface area contributed by atoms with Crippen LogP contribution in [0.5, 0.6) is 0 Å². The maximum Gasteiger partial charge on any atom is 0.222 e. The molecule has 0 amide bonds. The Hall–Kier alpha value is -0.870. The first-order valence-electron chi connectivity index (χ1n) is 6.70. The van der Waals surface area contributed by atoms with E-state index in [1.54, 1.807) is 12.4 Å². The Morgan fingerprint density at radius 2 is 1.89 bits per heavy atom. The molecule has 1 aromatic heterocycles. The van der Waals surface area contributed by atoms with E-state index >= 15 is 0 Å². The summed E-state index contributed by atoms with van der Waals surface area (Å²) in [5.74, 6) is 0.687. The van der Waals surface area contributed by atoms with Crippen LogP contribution in [-0.4, -0.2) is 41.0 Å². The second kappa shape index (κ2) is 5.02. The van der Waals surface area contributed by atoms with E-state index < -0.39 is 0 Å². The lowest BCUT2D eigenvalue weighted by Crippen LogP contribution is -2.32. The van der Waals surface area contributed by atoms with Crippen molar-refractivity contribution in [1.29, 1.82) is 0 Å². The predicted molar refractivity (Wildman–Crippen MR) is 72.9 cm³/mol. The van der Waals surface area contributed by atoms with Crippen LogP contribution in [0.2, 0.25) is 5.02 Å². The van der Waals surface area contributed by atoms with Crippen molar-refractivity contribution < 1.29 is 0 Å². The molecule has 98 valence electrons. The van der Waals surface area contributed by atoms with Gasteiger partial charge in [-0.1, -0.05) is 11.6 Å². The first-order chi connectivity index (χ1) is 8.76. The summed E-state index contributed by atoms with van der Waals surface area (Å²) in [6.45, 7) is 4.76. The zero-order valence-corrected chi connectivity index (χ0v) is 11.3. The van der Waals surface area contributed by atoms with Crippen LogP contribution in [-0.2, 0) is 0 Å². The largest absolute Gasteiger partial charge is 0.354 e. The van der Waals surface area contributed by atoms with E-state index in [9.17, 15) is 0 Å². The van der Waals surface area contributed by atoms with Gasteiger partial charge in [-0.3, -0.25) is 0 Å². The van der Waals surface area contributed by atoms with E-state index in [-0.39, 0.29) is 0 Å². The van der Waals surface area contributed by atoms with Gasteiger partial charge in [-0.2, -0.15) is 0 Å². The van der Waals surface area contributed by atoms with Gasteiger partial charge in [-0.05, 0) is 38.8 Å². The molecule has 1 saturated carbocycles. The fraction of sp³-hybridized carbons (Fsp3) is 0.692. The predicted octanol–water partition coefficient (Wildman–Crippen LogP) is 2.42. The summed E-state index contributed by atoms with van der Waals surface area (Å²) in [7, 11) is 0. The van der Waals surface area contributed by atoms with Crippen LogP contribution in [0.15, 0.2) is 12.4 Å². The normalized spacial score (nSPS) is 22.1. The third kappa shape index (κ3) is 2.93. The Bertz CT molecular complexity index is 396. The summed E-state index contributed by atoms with van der Waals surface area (Å²) in [4.78, 5) is 10.9. The number of nitrogens with one attached hydrogen (secondary N) is 1. The van der Waals surface area contributed by atoms with Crippen molar-refractivity contribution in [2.24, 2.45) is 5.41 Å². The standard InChI is InChI=1S/C13H19ClN4/c14-11-7-15-12(16-8-11)17-9-13(3-4-13)10-18-5-1-2-6-18/h7-8H,1-6,9-10H2,(H,15,16,17). The van der Waals surface area contributed by atoms with Gasteiger partial charge in [-0.25, -0.2) is 9.97 Å². The molecule has 3 rings (SSSR count). The number of aromatic nitrogens is 2. The molecule has 0 bridgehead atoms. The Morgan fingerprint density at radius 3 is 2.50 bits per heavy atom. The molecular formula is C13H19ClN4. The van der Waals surface area contributed by atoms with Crippen molar-refractivity contribution in [1.82, 2.24) is 14.9 Å². The summed E-state index contributed by atoms with van der Waals surface area (Å²) in [6.07, 6.45) is 8.65. The van der Waals surface area contributed by atoms with Gasteiger partial charge in [0.1, 0.15) is 0 Å². The van der Waals surface area contributed by atoms with Crippen LogP contribution in [0, 0.1) is 5.41 Å². The molecule has 1 saturated heterocycles. The lowest BCUT2D eigenvalue weighted by Gasteiger charge is -2.23. The van der Waals surface area contributed by atoms with E-state index in [1.165, 1.54) is 45.3 Å². The minimum absolute atomic E-state index is 0.466. The Labute approximate surface area is 113 Å². The molecule has 5 heteroatoms. The van der Waals surface area contributed by atoms with Gasteiger partial charge in [-0.15, -0.1) is 0 Å². The maximum atomic E-state index is 5.77. The number of halogens is 1. The van der Waals surface area contributed by atoms with Crippen molar-refractivity contribution >= 4 is 17.5 Å². The number of hydrogen-bond donors (Lipinski definition) is 1. The molecule has 1 aromatic rings. The minimum atomic E-state index is 0.466. The van der Waals surface area contributed by atoms with Crippen LogP contribution in [0.25, 0.3) is 0 Å². The van der Waals surface area contributed by atoms with E-state index in [1.807, 2.05) is 0 Å². The molecule has 0 radical (unpaired) electrons. The molecule has 1 N–H and O–H groups in total. The fourth-order valence-electron chi connectivity index (χ4n) is 2.65. The van der Waals surface area contributed by atoms with E-state index in [4.69, 9.17) is 11.6 Å². The minimum Gasteiger partial charge on any atom is -0.354 e. The van der Waals surface area contributed by atoms with E-state index in [0.717, 1.165) is 6.54 Å². The molecule has 4 nitrogen and oxygen atoms in total. The van der Waals surface area contributed by atoms with Gasteiger partial charge in [0.25, 0.3) is 0 Å². The molecular weight excluding hydrogens is 248 g/mol. The zero-order valence-electron chi connectivity index (χ0n) is 10.5. The number of hydrogen-bond acceptors (Lipinski definition) is 4. The van der Waals surface area contributed by atoms with Crippen LogP contribution in [0.4, 0.5) is 5.95 Å². The first-order valence-corrected chi connectivity index (χ1v) is 7.07. The van der Waals surface area contributed by atoms with E-state index in [2.05, 4.69) is 20.2 Å². The fourth-order valence-corrected chi connectivity index (χ4v) is 2.75. The highest BCUT2D eigenvalue weighted by Gasteiger charge is 2.44. The smallest absolute Gasteiger partial charge is 0.222 e. The van der Waals surface area contributed by atoms with Gasteiger partial charge in [0.15, 0.2) is 0 Å². The van der Waals surface area contributed by atoms with Gasteiger partial charge in [0, 0.05) is 18.5 Å². The van der Waals surface area contributed by atoms with Gasteiger partial charge < -0.3 is 10.2 Å². The van der Waals surface area contributed by atoms with Crippen molar-refractivity contribution in [3.8, 4) is 0 Å². The van der Waals surface area contributed by atoms with Crippen molar-refractivity contribution in [2.75, 3.05) is 31.5 Å². The summed E-state index contributed by atoms with van der Waals surface area (Å²) in [5, 5.41) is 3.92. The highest BCUT2D eigenvalue weighted by Crippen LogP contribution is 2.46. The summed E-state index contributed by atoms with van der Waals surface area (Å²) < 4.78 is 0. The SMILES string of the molecule is Clc1cnc(NCC2(CN3CCCC3)CC2)nc1. The van der Waals surface area contributed by atoms with Gasteiger partial charge >= 0.3 is 0 Å². The topological polar surface area (TPSA) is 41.1 Å². The second-order valence-corrected chi connectivity index (χ2v) is 6.00. The third-order valence-electron chi connectivity index (χ3n) is 3.96. The summed E-state index contributed by atoms with van der Waals surface area (Å²) in [6, 6.07) is 0. The molecule has 1 aliphatic heterocycles. The second-order valence-electron chi connectivity index (χ2n) is 5.56. The molecule has 2 fully saturated rings. The Balaban J connectivity index is 1.51. The van der Waals surface area contributed by atoms with Crippen LogP contribution < -0.4 is 5.32 Å². The van der Waals surface area contributed by atoms with Gasteiger partial charge in [0.2, 0.25) is 5.95 Å². The zero-order chi connectivity index (χ0) is 12.4. The average Bonchev–Trinajstić information content (AvgIpc) is 2.94. The molecule has 0 atom stereocenters. The quantitative estimate of drug-likeness (QED) is 0.889. The number of nitrogens with zero attached hydrogens (tertiary/aromatic N) is 3. The van der Waals surface area contributed by atoms with Crippen molar-refractivity contribution in [2.45, 2.75) is 25.7 Å². The third-order valence-corrected chi connectivity index (χ3v) is 4.15. The lowest BCUT2D eigenvalue weighted by molar-refractivity contribution is 0.271. The molecule has 2 aliphatic rings. The van der Waals surface area contributed by atoms with Gasteiger partial charge in [0.05, 0.1) is 17.4 Å². The van der Waals surface area contributed by atoms with E-state index in [0.29, 0.717) is 16.4 Å². The molecule has 0 spiro atoms. The molecule has 1 aliphatic carbocycles. The monoisotopic (exact) mass is 266 g/mol. The highest BCUT2D eigenvalue weighted by atomic mass is 35.5. The molecule has 0 aromatic carbocycles. The number of anilines is 1. The Kier molecular flexibility index (Phi) is 3.39. The number of rotatable bonds is 5.